The number of nitrogens with one attached hydrogen (secondary N) is 3. The molecule has 0 spiro atoms. The second-order valence-corrected chi connectivity index (χ2v) is 6.63. The molecule has 1 aromatic heterocycles. The topological polar surface area (TPSA) is 100 Å². The third kappa shape index (κ3) is 4.68. The number of aromatic nitrogens is 1. The van der Waals surface area contributed by atoms with E-state index in [1.165, 1.54) is 6.20 Å². The maximum Gasteiger partial charge on any atom is 0.260 e. The molecule has 7 nitrogen and oxygen atoms in total. The maximum absolute atomic E-state index is 12.1. The van der Waals surface area contributed by atoms with Gasteiger partial charge in [0.1, 0.15) is 0 Å². The van der Waals surface area contributed by atoms with Crippen LogP contribution >= 0.6 is 0 Å². The third-order valence-corrected chi connectivity index (χ3v) is 4.53. The zero-order valence-corrected chi connectivity index (χ0v) is 12.7. The van der Waals surface area contributed by atoms with E-state index in [4.69, 9.17) is 0 Å². The Morgan fingerprint density at radius 1 is 1.43 bits per heavy atom. The van der Waals surface area contributed by atoms with Crippen LogP contribution in [0.15, 0.2) is 23.4 Å². The largest absolute Gasteiger partial charge is 0.386 e. The first kappa shape index (κ1) is 15.7. The van der Waals surface area contributed by atoms with Crippen LogP contribution in [0, 0.1) is 0 Å². The van der Waals surface area contributed by atoms with Crippen LogP contribution in [-0.4, -0.2) is 38.9 Å². The molecule has 0 aliphatic heterocycles. The van der Waals surface area contributed by atoms with Crippen LogP contribution in [-0.2, 0) is 14.8 Å². The smallest absolute Gasteiger partial charge is 0.260 e. The molecule has 0 unspecified atom stereocenters. The quantitative estimate of drug-likeness (QED) is 0.606. The van der Waals surface area contributed by atoms with E-state index in [-0.39, 0.29) is 17.5 Å². The van der Waals surface area contributed by atoms with E-state index < -0.39 is 10.0 Å². The molecule has 21 heavy (non-hydrogen) atoms. The molecule has 0 bridgehead atoms. The Morgan fingerprint density at radius 2 is 2.19 bits per heavy atom. The molecule has 3 N–H and O–H groups in total. The highest BCUT2D eigenvalue weighted by atomic mass is 32.2. The molecule has 1 aliphatic rings. The second kappa shape index (κ2) is 6.86. The summed E-state index contributed by atoms with van der Waals surface area (Å²) in [6.45, 7) is 0.208. The Kier molecular flexibility index (Phi) is 5.13. The average molecular weight is 312 g/mol. The summed E-state index contributed by atoms with van der Waals surface area (Å²) in [4.78, 5) is 15.4. The van der Waals surface area contributed by atoms with Crippen LogP contribution in [0.25, 0.3) is 0 Å². The van der Waals surface area contributed by atoms with Crippen molar-refractivity contribution >= 4 is 21.6 Å². The van der Waals surface area contributed by atoms with Crippen LogP contribution in [0.3, 0.4) is 0 Å². The summed E-state index contributed by atoms with van der Waals surface area (Å²) in [5.74, 6) is -0.0227. The van der Waals surface area contributed by atoms with Crippen LogP contribution in [0.2, 0.25) is 0 Å². The number of sulfonamides is 1. The number of nitrogens with zero attached hydrogens (tertiary/aromatic N) is 1. The molecule has 1 amide bonds. The minimum Gasteiger partial charge on any atom is -0.386 e. The van der Waals surface area contributed by atoms with Gasteiger partial charge in [-0.25, -0.2) is 18.1 Å². The van der Waals surface area contributed by atoms with Gasteiger partial charge < -0.3 is 10.6 Å². The van der Waals surface area contributed by atoms with E-state index in [0.29, 0.717) is 24.6 Å². The first-order valence-corrected chi connectivity index (χ1v) is 8.43. The number of amides is 1. The summed E-state index contributed by atoms with van der Waals surface area (Å²) in [6, 6.07) is 3.64. The van der Waals surface area contributed by atoms with Crippen molar-refractivity contribution in [2.24, 2.45) is 0 Å². The lowest BCUT2D eigenvalue weighted by molar-refractivity contribution is -0.121. The van der Waals surface area contributed by atoms with Gasteiger partial charge in [0.05, 0.1) is 5.69 Å². The van der Waals surface area contributed by atoms with E-state index >= 15 is 0 Å². The normalized spacial score (nSPS) is 14.7. The molecule has 1 fully saturated rings. The lowest BCUT2D eigenvalue weighted by Gasteiger charge is -2.09. The van der Waals surface area contributed by atoms with Crippen molar-refractivity contribution in [1.82, 2.24) is 15.0 Å². The maximum atomic E-state index is 12.1. The molecule has 0 aromatic carbocycles. The lowest BCUT2D eigenvalue weighted by Crippen LogP contribution is -2.29. The first-order chi connectivity index (χ1) is 10.0. The summed E-state index contributed by atoms with van der Waals surface area (Å²) in [5.41, 5.74) is 0.441. The highest BCUT2D eigenvalue weighted by Gasteiger charge is 2.23. The molecule has 2 rings (SSSR count). The third-order valence-electron chi connectivity index (χ3n) is 3.11. The molecule has 1 aromatic rings. The van der Waals surface area contributed by atoms with E-state index in [2.05, 4.69) is 20.3 Å². The van der Waals surface area contributed by atoms with Gasteiger partial charge in [0.15, 0.2) is 5.03 Å². The Hall–Kier alpha value is -1.67. The van der Waals surface area contributed by atoms with E-state index in [1.54, 1.807) is 19.2 Å². The number of anilines is 1. The van der Waals surface area contributed by atoms with Crippen LogP contribution < -0.4 is 15.4 Å². The summed E-state index contributed by atoms with van der Waals surface area (Å²) in [6.07, 6.45) is 4.30. The fourth-order valence-electron chi connectivity index (χ4n) is 1.85. The van der Waals surface area contributed by atoms with Gasteiger partial charge in [0, 0.05) is 32.3 Å². The zero-order chi connectivity index (χ0) is 15.3. The summed E-state index contributed by atoms with van der Waals surface area (Å²) in [5, 5.41) is 5.62. The van der Waals surface area contributed by atoms with Gasteiger partial charge in [-0.3, -0.25) is 4.79 Å². The van der Waals surface area contributed by atoms with Crippen molar-refractivity contribution in [3.05, 3.63) is 18.3 Å². The van der Waals surface area contributed by atoms with Crippen LogP contribution in [0.5, 0.6) is 0 Å². The van der Waals surface area contributed by atoms with Gasteiger partial charge in [0.2, 0.25) is 5.91 Å². The molecular formula is C13H20N4O3S. The molecule has 1 saturated carbocycles. The molecule has 116 valence electrons. The van der Waals surface area contributed by atoms with Gasteiger partial charge in [0.25, 0.3) is 10.0 Å². The molecule has 0 radical (unpaired) electrons. The summed E-state index contributed by atoms with van der Waals surface area (Å²) >= 11 is 0. The van der Waals surface area contributed by atoms with Crippen molar-refractivity contribution in [2.45, 2.75) is 36.8 Å². The number of carbonyl (C=O) groups excluding carboxylic acids is 1. The Bertz CT molecular complexity index is 599. The lowest BCUT2D eigenvalue weighted by atomic mass is 10.3. The molecular weight excluding hydrogens is 292 g/mol. The molecule has 0 saturated heterocycles. The van der Waals surface area contributed by atoms with Crippen molar-refractivity contribution < 1.29 is 13.2 Å². The van der Waals surface area contributed by atoms with Gasteiger partial charge in [-0.1, -0.05) is 0 Å². The second-order valence-electron chi connectivity index (χ2n) is 4.95. The zero-order valence-electron chi connectivity index (χ0n) is 11.9. The number of hydrogen-bond acceptors (Lipinski definition) is 5. The van der Waals surface area contributed by atoms with E-state index in [0.717, 1.165) is 12.8 Å². The van der Waals surface area contributed by atoms with Gasteiger partial charge in [-0.05, 0) is 31.4 Å². The van der Waals surface area contributed by atoms with Crippen LogP contribution in [0.1, 0.15) is 25.7 Å². The number of hydrogen-bond donors (Lipinski definition) is 3. The van der Waals surface area contributed by atoms with E-state index in [9.17, 15) is 13.2 Å². The minimum atomic E-state index is -3.67. The van der Waals surface area contributed by atoms with E-state index in [1.807, 2.05) is 0 Å². The Labute approximate surface area is 124 Å². The summed E-state index contributed by atoms with van der Waals surface area (Å²) < 4.78 is 26.7. The average Bonchev–Trinajstić information content (AvgIpc) is 3.27. The van der Waals surface area contributed by atoms with Gasteiger partial charge >= 0.3 is 0 Å². The fraction of sp³-hybridized carbons (Fsp3) is 0.538. The van der Waals surface area contributed by atoms with Crippen LogP contribution in [0.4, 0.5) is 5.69 Å². The number of pyridine rings is 1. The standard InChI is InChI=1S/C13H20N4O3S/c1-14-11-4-2-8-15-13(11)21(19,20)16-9-3-5-12(18)17-10-6-7-10/h2,4,8,10,14,16H,3,5-7,9H2,1H3,(H,17,18). The minimum absolute atomic E-state index is 0.0227. The van der Waals surface area contributed by atoms with Crippen molar-refractivity contribution in [3.8, 4) is 0 Å². The van der Waals surface area contributed by atoms with Crippen molar-refractivity contribution in [1.29, 1.82) is 0 Å². The highest BCUT2D eigenvalue weighted by Crippen LogP contribution is 2.19. The number of rotatable bonds is 8. The number of carbonyl (C=O) groups is 1. The molecule has 0 atom stereocenters. The molecule has 1 aliphatic carbocycles. The highest BCUT2D eigenvalue weighted by molar-refractivity contribution is 7.89. The predicted molar refractivity (Wildman–Crippen MR) is 79.4 cm³/mol. The fourth-order valence-corrected chi connectivity index (χ4v) is 3.06. The van der Waals surface area contributed by atoms with Crippen molar-refractivity contribution in [3.63, 3.8) is 0 Å². The van der Waals surface area contributed by atoms with Gasteiger partial charge in [-0.15, -0.1) is 0 Å². The monoisotopic (exact) mass is 312 g/mol. The Morgan fingerprint density at radius 3 is 2.86 bits per heavy atom. The summed E-state index contributed by atoms with van der Waals surface area (Å²) in [7, 11) is -2.03. The first-order valence-electron chi connectivity index (χ1n) is 6.95. The Balaban J connectivity index is 1.82. The predicted octanol–water partition coefficient (Wildman–Crippen LogP) is 0.460. The van der Waals surface area contributed by atoms with Crippen molar-refractivity contribution in [2.75, 3.05) is 18.9 Å². The molecule has 8 heteroatoms. The van der Waals surface area contributed by atoms with Gasteiger partial charge in [-0.2, -0.15) is 0 Å². The SMILES string of the molecule is CNc1cccnc1S(=O)(=O)NCCCC(=O)NC1CC1. The molecule has 1 heterocycles.